The number of aliphatic hydroxyl groups excluding tert-OH is 1. The second-order valence-electron chi connectivity index (χ2n) is 5.26. The van der Waals surface area contributed by atoms with Crippen molar-refractivity contribution in [3.05, 3.63) is 34.9 Å². The van der Waals surface area contributed by atoms with Gasteiger partial charge < -0.3 is 10.4 Å². The summed E-state index contributed by atoms with van der Waals surface area (Å²) in [5, 5.41) is 13.4. The van der Waals surface area contributed by atoms with E-state index >= 15 is 0 Å². The second-order valence-corrected chi connectivity index (χ2v) is 5.26. The molecule has 2 N–H and O–H groups in total. The molecule has 0 heterocycles. The molecule has 2 atom stereocenters. The molecule has 1 aromatic rings. The first kappa shape index (κ1) is 12.6. The Hall–Kier alpha value is -0.860. The van der Waals surface area contributed by atoms with Gasteiger partial charge in [-0.3, -0.25) is 0 Å². The summed E-state index contributed by atoms with van der Waals surface area (Å²) in [4.78, 5) is 0. The minimum Gasteiger partial charge on any atom is -0.392 e. The minimum absolute atomic E-state index is 0.157. The van der Waals surface area contributed by atoms with Gasteiger partial charge in [-0.15, -0.1) is 0 Å². The molecule has 2 heteroatoms. The third-order valence-electron chi connectivity index (χ3n) is 3.87. The number of nitrogens with one attached hydrogen (secondary N) is 1. The molecular weight excluding hydrogens is 210 g/mol. The van der Waals surface area contributed by atoms with Gasteiger partial charge in [0.15, 0.2) is 0 Å². The Kier molecular flexibility index (Phi) is 4.19. The van der Waals surface area contributed by atoms with Crippen molar-refractivity contribution >= 4 is 0 Å². The van der Waals surface area contributed by atoms with Crippen molar-refractivity contribution in [2.75, 3.05) is 0 Å². The van der Waals surface area contributed by atoms with Crippen molar-refractivity contribution in [2.24, 2.45) is 0 Å². The van der Waals surface area contributed by atoms with Crippen molar-refractivity contribution in [3.63, 3.8) is 0 Å². The summed E-state index contributed by atoms with van der Waals surface area (Å²) in [7, 11) is 0. The molecule has 1 aliphatic rings. The maximum Gasteiger partial charge on any atom is 0.0693 e. The Morgan fingerprint density at radius 1 is 1.18 bits per heavy atom. The number of hydrogen-bond acceptors (Lipinski definition) is 2. The lowest BCUT2D eigenvalue weighted by Crippen LogP contribution is -2.41. The highest BCUT2D eigenvalue weighted by molar-refractivity contribution is 5.29. The van der Waals surface area contributed by atoms with E-state index in [1.165, 1.54) is 29.5 Å². The van der Waals surface area contributed by atoms with Crippen LogP contribution in [0.3, 0.4) is 0 Å². The molecule has 17 heavy (non-hydrogen) atoms. The molecule has 1 fully saturated rings. The summed E-state index contributed by atoms with van der Waals surface area (Å²) in [6.07, 6.45) is 4.30. The number of hydrogen-bond donors (Lipinski definition) is 2. The van der Waals surface area contributed by atoms with Gasteiger partial charge >= 0.3 is 0 Å². The van der Waals surface area contributed by atoms with Crippen molar-refractivity contribution < 1.29 is 5.11 Å². The van der Waals surface area contributed by atoms with Crippen LogP contribution in [0.5, 0.6) is 0 Å². The molecule has 94 valence electrons. The fourth-order valence-electron chi connectivity index (χ4n) is 2.51. The van der Waals surface area contributed by atoms with Crippen LogP contribution in [0.25, 0.3) is 0 Å². The molecule has 0 saturated heterocycles. The van der Waals surface area contributed by atoms with Crippen LogP contribution < -0.4 is 5.32 Å². The standard InChI is InChI=1S/C15H23NO/c1-11-7-8-13(9-12(11)2)10-16-14-5-3-4-6-15(14)17/h7-9,14-17H,3-6,10H2,1-2H3. The lowest BCUT2D eigenvalue weighted by Gasteiger charge is -2.28. The van der Waals surface area contributed by atoms with Gasteiger partial charge in [-0.1, -0.05) is 31.0 Å². The predicted molar refractivity (Wildman–Crippen MR) is 71.0 cm³/mol. The largest absolute Gasteiger partial charge is 0.392 e. The van der Waals surface area contributed by atoms with Crippen LogP contribution in [0.15, 0.2) is 18.2 Å². The minimum atomic E-state index is -0.157. The Morgan fingerprint density at radius 2 is 1.94 bits per heavy atom. The molecule has 0 amide bonds. The average Bonchev–Trinajstić information content (AvgIpc) is 2.32. The van der Waals surface area contributed by atoms with Crippen LogP contribution in [0.2, 0.25) is 0 Å². The SMILES string of the molecule is Cc1ccc(CNC2CCCCC2O)cc1C. The van der Waals surface area contributed by atoms with Gasteiger partial charge in [0.25, 0.3) is 0 Å². The first-order valence-corrected chi connectivity index (χ1v) is 6.64. The van der Waals surface area contributed by atoms with E-state index in [-0.39, 0.29) is 12.1 Å². The van der Waals surface area contributed by atoms with Gasteiger partial charge in [0.1, 0.15) is 0 Å². The smallest absolute Gasteiger partial charge is 0.0693 e. The highest BCUT2D eigenvalue weighted by Gasteiger charge is 2.21. The van der Waals surface area contributed by atoms with Gasteiger partial charge in [-0.25, -0.2) is 0 Å². The van der Waals surface area contributed by atoms with Gasteiger partial charge in [0.05, 0.1) is 6.10 Å². The molecule has 0 aliphatic heterocycles. The lowest BCUT2D eigenvalue weighted by molar-refractivity contribution is 0.0902. The van der Waals surface area contributed by atoms with Crippen molar-refractivity contribution in [3.8, 4) is 0 Å². The molecule has 0 aromatic heterocycles. The summed E-state index contributed by atoms with van der Waals surface area (Å²) < 4.78 is 0. The molecule has 1 aliphatic carbocycles. The van der Waals surface area contributed by atoms with Gasteiger partial charge in [-0.05, 0) is 43.4 Å². The number of rotatable bonds is 3. The van der Waals surface area contributed by atoms with E-state index in [0.29, 0.717) is 0 Å². The maximum absolute atomic E-state index is 9.88. The zero-order valence-electron chi connectivity index (χ0n) is 10.9. The van der Waals surface area contributed by atoms with Crippen LogP contribution >= 0.6 is 0 Å². The van der Waals surface area contributed by atoms with Crippen LogP contribution in [0.1, 0.15) is 42.4 Å². The van der Waals surface area contributed by atoms with Crippen molar-refractivity contribution in [1.82, 2.24) is 5.32 Å². The third kappa shape index (κ3) is 3.30. The molecule has 2 unspecified atom stereocenters. The van der Waals surface area contributed by atoms with E-state index in [1.54, 1.807) is 0 Å². The Balaban J connectivity index is 1.90. The summed E-state index contributed by atoms with van der Waals surface area (Å²) in [5.74, 6) is 0. The lowest BCUT2D eigenvalue weighted by atomic mass is 9.92. The topological polar surface area (TPSA) is 32.3 Å². The summed E-state index contributed by atoms with van der Waals surface area (Å²) in [6.45, 7) is 5.15. The van der Waals surface area contributed by atoms with Crippen molar-refractivity contribution in [2.45, 2.75) is 58.2 Å². The fraction of sp³-hybridized carbons (Fsp3) is 0.600. The second kappa shape index (κ2) is 5.65. The molecule has 1 saturated carbocycles. The number of aryl methyl sites for hydroxylation is 2. The zero-order chi connectivity index (χ0) is 12.3. The molecular formula is C15H23NO. The first-order valence-electron chi connectivity index (χ1n) is 6.64. The summed E-state index contributed by atoms with van der Waals surface area (Å²) in [5.41, 5.74) is 3.99. The number of benzene rings is 1. The van der Waals surface area contributed by atoms with E-state index in [0.717, 1.165) is 19.4 Å². The van der Waals surface area contributed by atoms with Gasteiger partial charge in [0, 0.05) is 12.6 Å². The molecule has 2 rings (SSSR count). The van der Waals surface area contributed by atoms with E-state index in [2.05, 4.69) is 37.4 Å². The first-order chi connectivity index (χ1) is 8.16. The quantitative estimate of drug-likeness (QED) is 0.841. The van der Waals surface area contributed by atoms with Crippen LogP contribution in [-0.2, 0) is 6.54 Å². The third-order valence-corrected chi connectivity index (χ3v) is 3.87. The van der Waals surface area contributed by atoms with E-state index < -0.39 is 0 Å². The van der Waals surface area contributed by atoms with Crippen LogP contribution in [0, 0.1) is 13.8 Å². The van der Waals surface area contributed by atoms with Crippen LogP contribution in [0.4, 0.5) is 0 Å². The van der Waals surface area contributed by atoms with E-state index in [9.17, 15) is 5.11 Å². The zero-order valence-corrected chi connectivity index (χ0v) is 10.9. The average molecular weight is 233 g/mol. The van der Waals surface area contributed by atoms with Gasteiger partial charge in [-0.2, -0.15) is 0 Å². The predicted octanol–water partition coefficient (Wildman–Crippen LogP) is 2.70. The molecule has 0 spiro atoms. The molecule has 1 aromatic carbocycles. The normalized spacial score (nSPS) is 24.9. The van der Waals surface area contributed by atoms with E-state index in [4.69, 9.17) is 0 Å². The highest BCUT2D eigenvalue weighted by atomic mass is 16.3. The summed E-state index contributed by atoms with van der Waals surface area (Å²) >= 11 is 0. The summed E-state index contributed by atoms with van der Waals surface area (Å²) in [6, 6.07) is 6.86. The Labute approximate surface area is 104 Å². The maximum atomic E-state index is 9.88. The van der Waals surface area contributed by atoms with Gasteiger partial charge in [0.2, 0.25) is 0 Å². The Bertz CT molecular complexity index is 375. The molecule has 2 nitrogen and oxygen atoms in total. The Morgan fingerprint density at radius 3 is 2.65 bits per heavy atom. The van der Waals surface area contributed by atoms with E-state index in [1.807, 2.05) is 0 Å². The fourth-order valence-corrected chi connectivity index (χ4v) is 2.51. The molecule has 0 radical (unpaired) electrons. The van der Waals surface area contributed by atoms with Crippen molar-refractivity contribution in [1.29, 1.82) is 0 Å². The monoisotopic (exact) mass is 233 g/mol. The number of aliphatic hydroxyl groups is 1. The molecule has 0 bridgehead atoms. The van der Waals surface area contributed by atoms with Crippen LogP contribution in [-0.4, -0.2) is 17.3 Å². The highest BCUT2D eigenvalue weighted by Crippen LogP contribution is 2.19.